The molecule has 0 aliphatic carbocycles. The number of rotatable bonds is 6. The summed E-state index contributed by atoms with van der Waals surface area (Å²) in [5, 5.41) is 20.1. The lowest BCUT2D eigenvalue weighted by Gasteiger charge is -2.15. The maximum Gasteiger partial charge on any atom is 0.326 e. The molecule has 0 aromatic heterocycles. The Balaban J connectivity index is 2.94. The van der Waals surface area contributed by atoms with Crippen molar-refractivity contribution in [1.29, 1.82) is 0 Å². The standard InChI is InChI=1S/C11H11BrN2O5/c12-6-3-5(10(13)17)1-2-7(6)14-8(11(18)19)4-9(15)16/h1-3,8,14H,4H2,(H2,13,17)(H,15,16)(H,18,19). The molecule has 7 nitrogen and oxygen atoms in total. The lowest BCUT2D eigenvalue weighted by molar-refractivity contribution is -0.144. The summed E-state index contributed by atoms with van der Waals surface area (Å²) in [7, 11) is 0. The van der Waals surface area contributed by atoms with Crippen LogP contribution in [0.25, 0.3) is 0 Å². The average Bonchev–Trinajstić information content (AvgIpc) is 2.29. The third kappa shape index (κ3) is 4.25. The number of carbonyl (C=O) groups is 3. The predicted molar refractivity (Wildman–Crippen MR) is 70.0 cm³/mol. The van der Waals surface area contributed by atoms with Crippen LogP contribution in [0.1, 0.15) is 16.8 Å². The van der Waals surface area contributed by atoms with Gasteiger partial charge < -0.3 is 21.3 Å². The van der Waals surface area contributed by atoms with E-state index in [1.165, 1.54) is 18.2 Å². The van der Waals surface area contributed by atoms with Crippen LogP contribution in [-0.4, -0.2) is 34.1 Å². The Morgan fingerprint density at radius 1 is 1.32 bits per heavy atom. The van der Waals surface area contributed by atoms with Crippen LogP contribution in [0.15, 0.2) is 22.7 Å². The number of anilines is 1. The molecule has 1 amide bonds. The van der Waals surface area contributed by atoms with Crippen LogP contribution in [0.2, 0.25) is 0 Å². The van der Waals surface area contributed by atoms with Crippen molar-refractivity contribution in [2.24, 2.45) is 5.73 Å². The number of nitrogens with two attached hydrogens (primary N) is 1. The fourth-order valence-electron chi connectivity index (χ4n) is 1.35. The number of carbonyl (C=O) groups excluding carboxylic acids is 1. The monoisotopic (exact) mass is 330 g/mol. The zero-order chi connectivity index (χ0) is 14.6. The lowest BCUT2D eigenvalue weighted by atomic mass is 10.1. The smallest absolute Gasteiger partial charge is 0.326 e. The summed E-state index contributed by atoms with van der Waals surface area (Å²) in [5.74, 6) is -3.13. The first-order chi connectivity index (χ1) is 8.81. The molecule has 1 aromatic carbocycles. The summed E-state index contributed by atoms with van der Waals surface area (Å²) < 4.78 is 0.417. The molecule has 0 bridgehead atoms. The van der Waals surface area contributed by atoms with Crippen molar-refractivity contribution in [3.63, 3.8) is 0 Å². The Labute approximate surface area is 116 Å². The van der Waals surface area contributed by atoms with E-state index >= 15 is 0 Å². The first kappa shape index (κ1) is 15.0. The van der Waals surface area contributed by atoms with Crippen LogP contribution >= 0.6 is 15.9 Å². The molecule has 0 fully saturated rings. The van der Waals surface area contributed by atoms with Crippen molar-refractivity contribution < 1.29 is 24.6 Å². The van der Waals surface area contributed by atoms with Gasteiger partial charge in [-0.15, -0.1) is 0 Å². The van der Waals surface area contributed by atoms with E-state index in [0.717, 1.165) is 0 Å². The van der Waals surface area contributed by atoms with E-state index in [2.05, 4.69) is 21.2 Å². The highest BCUT2D eigenvalue weighted by molar-refractivity contribution is 9.10. The number of primary amides is 1. The van der Waals surface area contributed by atoms with Gasteiger partial charge in [0, 0.05) is 15.7 Å². The van der Waals surface area contributed by atoms with Gasteiger partial charge in [0.1, 0.15) is 6.04 Å². The molecule has 1 unspecified atom stereocenters. The lowest BCUT2D eigenvalue weighted by Crippen LogP contribution is -2.31. The van der Waals surface area contributed by atoms with E-state index in [9.17, 15) is 14.4 Å². The third-order valence-corrected chi connectivity index (χ3v) is 2.92. The number of amides is 1. The van der Waals surface area contributed by atoms with Gasteiger partial charge in [0.05, 0.1) is 6.42 Å². The summed E-state index contributed by atoms with van der Waals surface area (Å²) in [4.78, 5) is 32.4. The van der Waals surface area contributed by atoms with Crippen molar-refractivity contribution in [3.8, 4) is 0 Å². The number of carboxylic acid groups (broad SMARTS) is 2. The summed E-state index contributed by atoms with van der Waals surface area (Å²) >= 11 is 3.15. The van der Waals surface area contributed by atoms with Gasteiger partial charge >= 0.3 is 11.9 Å². The van der Waals surface area contributed by atoms with Crippen LogP contribution in [0, 0.1) is 0 Å². The van der Waals surface area contributed by atoms with Gasteiger partial charge in [0.25, 0.3) is 0 Å². The highest BCUT2D eigenvalue weighted by Crippen LogP contribution is 2.24. The highest BCUT2D eigenvalue weighted by atomic mass is 79.9. The summed E-state index contributed by atoms with van der Waals surface area (Å²) in [6.07, 6.45) is -0.570. The van der Waals surface area contributed by atoms with Gasteiger partial charge in [0.15, 0.2) is 0 Å². The van der Waals surface area contributed by atoms with Crippen molar-refractivity contribution in [1.82, 2.24) is 0 Å². The Bertz CT molecular complexity index is 532. The van der Waals surface area contributed by atoms with E-state index in [0.29, 0.717) is 10.2 Å². The molecule has 0 spiro atoms. The van der Waals surface area contributed by atoms with E-state index in [1.54, 1.807) is 0 Å². The number of nitrogens with one attached hydrogen (secondary N) is 1. The molecule has 0 radical (unpaired) electrons. The minimum Gasteiger partial charge on any atom is -0.481 e. The second-order valence-electron chi connectivity index (χ2n) is 3.69. The molecule has 19 heavy (non-hydrogen) atoms. The first-order valence-corrected chi connectivity index (χ1v) is 5.91. The molecule has 0 saturated carbocycles. The van der Waals surface area contributed by atoms with Gasteiger partial charge in [-0.1, -0.05) is 0 Å². The minimum absolute atomic E-state index is 0.252. The largest absolute Gasteiger partial charge is 0.481 e. The number of carboxylic acids is 2. The molecular weight excluding hydrogens is 320 g/mol. The Morgan fingerprint density at radius 3 is 2.37 bits per heavy atom. The molecule has 5 N–H and O–H groups in total. The molecule has 102 valence electrons. The van der Waals surface area contributed by atoms with Gasteiger partial charge in [-0.3, -0.25) is 9.59 Å². The zero-order valence-corrected chi connectivity index (χ0v) is 11.2. The van der Waals surface area contributed by atoms with Crippen LogP contribution in [0.4, 0.5) is 5.69 Å². The Morgan fingerprint density at radius 2 is 1.95 bits per heavy atom. The van der Waals surface area contributed by atoms with Crippen LogP contribution in [0.5, 0.6) is 0 Å². The number of halogens is 1. The molecule has 0 saturated heterocycles. The molecular formula is C11H11BrN2O5. The Hall–Kier alpha value is -2.09. The average molecular weight is 331 g/mol. The van der Waals surface area contributed by atoms with Gasteiger partial charge in [-0.25, -0.2) is 4.79 Å². The van der Waals surface area contributed by atoms with Crippen molar-refractivity contribution in [2.45, 2.75) is 12.5 Å². The van der Waals surface area contributed by atoms with E-state index in [4.69, 9.17) is 15.9 Å². The summed E-state index contributed by atoms with van der Waals surface area (Å²) in [5.41, 5.74) is 5.71. The van der Waals surface area contributed by atoms with Crippen LogP contribution < -0.4 is 11.1 Å². The first-order valence-electron chi connectivity index (χ1n) is 5.11. The fraction of sp³-hybridized carbons (Fsp3) is 0.182. The molecule has 0 aliphatic heterocycles. The Kier molecular flexibility index (Phi) is 4.87. The highest BCUT2D eigenvalue weighted by Gasteiger charge is 2.21. The quantitative estimate of drug-likeness (QED) is 0.612. The third-order valence-electron chi connectivity index (χ3n) is 2.26. The topological polar surface area (TPSA) is 130 Å². The molecule has 1 atom stereocenters. The summed E-state index contributed by atoms with van der Waals surface area (Å²) in [6.45, 7) is 0. The summed E-state index contributed by atoms with van der Waals surface area (Å²) in [6, 6.07) is 3.01. The van der Waals surface area contributed by atoms with Gasteiger partial charge in [0.2, 0.25) is 5.91 Å². The maximum absolute atomic E-state index is 10.9. The molecule has 8 heteroatoms. The number of hydrogen-bond donors (Lipinski definition) is 4. The number of hydrogen-bond acceptors (Lipinski definition) is 4. The van der Waals surface area contributed by atoms with Crippen LogP contribution in [-0.2, 0) is 9.59 Å². The maximum atomic E-state index is 10.9. The van der Waals surface area contributed by atoms with Gasteiger partial charge in [-0.05, 0) is 34.1 Å². The second kappa shape index (κ2) is 6.19. The number of benzene rings is 1. The molecule has 0 heterocycles. The van der Waals surface area contributed by atoms with E-state index < -0.39 is 30.3 Å². The van der Waals surface area contributed by atoms with Crippen molar-refractivity contribution >= 4 is 39.5 Å². The normalized spacial score (nSPS) is 11.6. The fourth-order valence-corrected chi connectivity index (χ4v) is 1.84. The number of aliphatic carboxylic acids is 2. The molecule has 0 aliphatic rings. The molecule has 1 rings (SSSR count). The molecule has 1 aromatic rings. The van der Waals surface area contributed by atoms with Crippen molar-refractivity contribution in [2.75, 3.05) is 5.32 Å². The van der Waals surface area contributed by atoms with Crippen LogP contribution in [0.3, 0.4) is 0 Å². The van der Waals surface area contributed by atoms with Crippen molar-refractivity contribution in [3.05, 3.63) is 28.2 Å². The minimum atomic E-state index is -1.28. The zero-order valence-electron chi connectivity index (χ0n) is 9.59. The predicted octanol–water partition coefficient (Wildman–Crippen LogP) is 0.888. The SMILES string of the molecule is NC(=O)c1ccc(NC(CC(=O)O)C(=O)O)c(Br)c1. The van der Waals surface area contributed by atoms with E-state index in [1.807, 2.05) is 0 Å². The van der Waals surface area contributed by atoms with E-state index in [-0.39, 0.29) is 5.56 Å². The second-order valence-corrected chi connectivity index (χ2v) is 4.55. The van der Waals surface area contributed by atoms with Gasteiger partial charge in [-0.2, -0.15) is 0 Å².